The van der Waals surface area contributed by atoms with Crippen LogP contribution in [0.25, 0.3) is 0 Å². The van der Waals surface area contributed by atoms with Gasteiger partial charge >= 0.3 is 6.09 Å². The third kappa shape index (κ3) is 4.09. The molecule has 1 saturated carbocycles. The number of rotatable bonds is 5. The lowest BCUT2D eigenvalue weighted by Crippen LogP contribution is -2.29. The van der Waals surface area contributed by atoms with Crippen LogP contribution in [0.4, 0.5) is 4.79 Å². The Morgan fingerprint density at radius 2 is 2.19 bits per heavy atom. The minimum atomic E-state index is -0.481. The average Bonchev–Trinajstić information content (AvgIpc) is 2.33. The van der Waals surface area contributed by atoms with Gasteiger partial charge in [-0.2, -0.15) is 0 Å². The highest BCUT2D eigenvalue weighted by atomic mass is 16.5. The van der Waals surface area contributed by atoms with E-state index in [9.17, 15) is 9.59 Å². The van der Waals surface area contributed by atoms with Crippen molar-refractivity contribution in [3.05, 3.63) is 33.2 Å². The number of nitrogens with one attached hydrogen (secondary N) is 2. The number of aromatic amines is 1. The van der Waals surface area contributed by atoms with E-state index < -0.39 is 6.09 Å². The molecule has 1 heterocycles. The smallest absolute Gasteiger partial charge is 0.407 e. The molecule has 116 valence electrons. The largest absolute Gasteiger partial charge is 0.444 e. The van der Waals surface area contributed by atoms with Crippen LogP contribution in [0, 0.1) is 12.8 Å². The van der Waals surface area contributed by atoms with Gasteiger partial charge in [0.05, 0.1) is 5.56 Å². The molecule has 1 aliphatic carbocycles. The molecule has 1 aliphatic rings. The Balaban J connectivity index is 1.97. The van der Waals surface area contributed by atoms with E-state index in [1.807, 2.05) is 26.8 Å². The lowest BCUT2D eigenvalue weighted by molar-refractivity contribution is 0.138. The second kappa shape index (κ2) is 6.78. The second-order valence-corrected chi connectivity index (χ2v) is 6.19. The van der Waals surface area contributed by atoms with E-state index in [0.29, 0.717) is 23.9 Å². The predicted octanol–water partition coefficient (Wildman–Crippen LogP) is 2.83. The molecule has 5 nitrogen and oxygen atoms in total. The summed E-state index contributed by atoms with van der Waals surface area (Å²) in [6.07, 6.45) is 3.03. The fourth-order valence-electron chi connectivity index (χ4n) is 2.34. The molecule has 21 heavy (non-hydrogen) atoms. The maximum Gasteiger partial charge on any atom is 0.407 e. The molecule has 0 bridgehead atoms. The predicted molar refractivity (Wildman–Crippen MR) is 81.4 cm³/mol. The molecule has 1 fully saturated rings. The zero-order valence-electron chi connectivity index (χ0n) is 13.0. The first kappa shape index (κ1) is 15.6. The van der Waals surface area contributed by atoms with Crippen LogP contribution in [-0.2, 0) is 11.3 Å². The van der Waals surface area contributed by atoms with E-state index in [1.54, 1.807) is 0 Å². The summed E-state index contributed by atoms with van der Waals surface area (Å²) in [7, 11) is 0. The van der Waals surface area contributed by atoms with Crippen LogP contribution in [0.15, 0.2) is 10.9 Å². The van der Waals surface area contributed by atoms with Crippen molar-refractivity contribution in [3.63, 3.8) is 0 Å². The normalized spacial score (nSPS) is 14.9. The lowest BCUT2D eigenvalue weighted by Gasteiger charge is -2.25. The third-order valence-corrected chi connectivity index (χ3v) is 3.93. The van der Waals surface area contributed by atoms with Gasteiger partial charge in [-0.25, -0.2) is 4.79 Å². The number of alkyl carbamates (subject to hydrolysis) is 1. The van der Waals surface area contributed by atoms with Crippen LogP contribution < -0.4 is 10.9 Å². The number of carbonyl (C=O) groups is 1. The van der Waals surface area contributed by atoms with Gasteiger partial charge in [0.15, 0.2) is 0 Å². The maximum absolute atomic E-state index is 12.1. The van der Waals surface area contributed by atoms with E-state index in [0.717, 1.165) is 24.1 Å². The van der Waals surface area contributed by atoms with E-state index in [1.165, 1.54) is 6.42 Å². The van der Waals surface area contributed by atoms with Crippen LogP contribution in [0.5, 0.6) is 0 Å². The number of hydrogen-bond donors (Lipinski definition) is 2. The van der Waals surface area contributed by atoms with Crippen LogP contribution >= 0.6 is 0 Å². The molecule has 2 N–H and O–H groups in total. The minimum absolute atomic E-state index is 0.00996. The van der Waals surface area contributed by atoms with Crippen molar-refractivity contribution in [1.29, 1.82) is 0 Å². The number of aryl methyl sites for hydroxylation is 1. The van der Waals surface area contributed by atoms with Gasteiger partial charge in [0.2, 0.25) is 0 Å². The molecule has 1 amide bonds. The Kier molecular flexibility index (Phi) is 5.04. The van der Waals surface area contributed by atoms with E-state index in [4.69, 9.17) is 4.74 Å². The van der Waals surface area contributed by atoms with Crippen molar-refractivity contribution >= 4 is 6.09 Å². The molecule has 2 rings (SSSR count). The van der Waals surface area contributed by atoms with Crippen LogP contribution in [-0.4, -0.2) is 17.6 Å². The summed E-state index contributed by atoms with van der Waals surface area (Å²) in [6.45, 7) is 6.48. The number of hydrogen-bond acceptors (Lipinski definition) is 3. The molecule has 1 aromatic heterocycles. The number of ether oxygens (including phenoxy) is 1. The number of amides is 1. The molecular weight excluding hydrogens is 268 g/mol. The summed E-state index contributed by atoms with van der Waals surface area (Å²) in [4.78, 5) is 26.6. The highest BCUT2D eigenvalue weighted by Crippen LogP contribution is 2.35. The van der Waals surface area contributed by atoms with Crippen molar-refractivity contribution < 1.29 is 9.53 Å². The molecule has 0 atom stereocenters. The second-order valence-electron chi connectivity index (χ2n) is 6.19. The molecule has 0 aliphatic heterocycles. The molecule has 0 radical (unpaired) electrons. The summed E-state index contributed by atoms with van der Waals surface area (Å²) >= 11 is 0. The van der Waals surface area contributed by atoms with Crippen LogP contribution in [0.3, 0.4) is 0 Å². The first-order valence-electron chi connectivity index (χ1n) is 7.60. The average molecular weight is 292 g/mol. The molecule has 1 aromatic rings. The quantitative estimate of drug-likeness (QED) is 0.876. The van der Waals surface area contributed by atoms with E-state index in [-0.39, 0.29) is 12.2 Å². The van der Waals surface area contributed by atoms with Gasteiger partial charge in [-0.3, -0.25) is 4.79 Å². The fraction of sp³-hybridized carbons (Fsp3) is 0.625. The fourth-order valence-corrected chi connectivity index (χ4v) is 2.34. The minimum Gasteiger partial charge on any atom is -0.444 e. The molecule has 0 spiro atoms. The molecular formula is C16H24N2O3. The van der Waals surface area contributed by atoms with Crippen molar-refractivity contribution in [2.45, 2.75) is 52.6 Å². The SMILES string of the molecule is Cc1cc(C2CCC2)[nH]c(=O)c1COC(=O)NCC(C)C. The molecule has 0 aromatic carbocycles. The molecule has 0 saturated heterocycles. The van der Waals surface area contributed by atoms with Crippen LogP contribution in [0.1, 0.15) is 55.8 Å². The first-order chi connectivity index (χ1) is 9.97. The Hall–Kier alpha value is -1.78. The molecule has 5 heteroatoms. The summed E-state index contributed by atoms with van der Waals surface area (Å²) in [5, 5.41) is 2.67. The van der Waals surface area contributed by atoms with Crippen molar-refractivity contribution in [1.82, 2.24) is 10.3 Å². The number of aromatic nitrogens is 1. The third-order valence-electron chi connectivity index (χ3n) is 3.93. The zero-order chi connectivity index (χ0) is 15.4. The van der Waals surface area contributed by atoms with Gasteiger partial charge < -0.3 is 15.0 Å². The summed E-state index contributed by atoms with van der Waals surface area (Å²) < 4.78 is 5.11. The Morgan fingerprint density at radius 3 is 2.71 bits per heavy atom. The van der Waals surface area contributed by atoms with Gasteiger partial charge in [-0.05, 0) is 43.2 Å². The van der Waals surface area contributed by atoms with Crippen molar-refractivity contribution in [3.8, 4) is 0 Å². The highest BCUT2D eigenvalue weighted by Gasteiger charge is 2.21. The number of carbonyl (C=O) groups excluding carboxylic acids is 1. The van der Waals surface area contributed by atoms with Gasteiger partial charge in [-0.15, -0.1) is 0 Å². The topological polar surface area (TPSA) is 71.2 Å². The van der Waals surface area contributed by atoms with Gasteiger partial charge in [0, 0.05) is 12.2 Å². The Morgan fingerprint density at radius 1 is 1.48 bits per heavy atom. The Bertz CT molecular complexity index is 559. The number of H-pyrrole nitrogens is 1. The van der Waals surface area contributed by atoms with Gasteiger partial charge in [0.1, 0.15) is 6.61 Å². The van der Waals surface area contributed by atoms with Crippen molar-refractivity contribution in [2.24, 2.45) is 5.92 Å². The summed E-state index contributed by atoms with van der Waals surface area (Å²) in [5.74, 6) is 0.852. The van der Waals surface area contributed by atoms with Crippen LogP contribution in [0.2, 0.25) is 0 Å². The maximum atomic E-state index is 12.1. The summed E-state index contributed by atoms with van der Waals surface area (Å²) in [6, 6.07) is 2.01. The molecule has 0 unspecified atom stereocenters. The van der Waals surface area contributed by atoms with E-state index >= 15 is 0 Å². The standard InChI is InChI=1S/C16H24N2O3/c1-10(2)8-17-16(20)21-9-13-11(3)7-14(18-15(13)19)12-5-4-6-12/h7,10,12H,4-6,8-9H2,1-3H3,(H,17,20)(H,18,19). The van der Waals surface area contributed by atoms with Gasteiger partial charge in [-0.1, -0.05) is 20.3 Å². The van der Waals surface area contributed by atoms with E-state index in [2.05, 4.69) is 10.3 Å². The lowest BCUT2D eigenvalue weighted by atomic mass is 9.82. The monoisotopic (exact) mass is 292 g/mol. The van der Waals surface area contributed by atoms with Gasteiger partial charge in [0.25, 0.3) is 5.56 Å². The number of pyridine rings is 1. The van der Waals surface area contributed by atoms with Crippen molar-refractivity contribution in [2.75, 3.05) is 6.54 Å². The Labute approximate surface area is 125 Å². The zero-order valence-corrected chi connectivity index (χ0v) is 13.0. The highest BCUT2D eigenvalue weighted by molar-refractivity contribution is 5.67. The first-order valence-corrected chi connectivity index (χ1v) is 7.60. The summed E-state index contributed by atoms with van der Waals surface area (Å²) in [5.41, 5.74) is 2.28.